The number of nitrogens with zero attached hydrogens (tertiary/aromatic N) is 2. The van der Waals surface area contributed by atoms with Gasteiger partial charge in [-0.05, 0) is 33.4 Å². The van der Waals surface area contributed by atoms with Gasteiger partial charge in [-0.1, -0.05) is 6.92 Å². The van der Waals surface area contributed by atoms with E-state index in [2.05, 4.69) is 24.1 Å². The van der Waals surface area contributed by atoms with Crippen LogP contribution >= 0.6 is 23.1 Å². The summed E-state index contributed by atoms with van der Waals surface area (Å²) in [5.74, 6) is 0.924. The van der Waals surface area contributed by atoms with Gasteiger partial charge in [0.25, 0.3) is 0 Å². The zero-order chi connectivity index (χ0) is 15.3. The van der Waals surface area contributed by atoms with Gasteiger partial charge in [-0.25, -0.2) is 9.78 Å². The monoisotopic (exact) mass is 315 g/mol. The molecular formula is C14H25N3OS2. The fraction of sp³-hybridized carbons (Fsp3) is 0.714. The van der Waals surface area contributed by atoms with Gasteiger partial charge in [0.15, 0.2) is 0 Å². The number of hydrogen-bond acceptors (Lipinski definition) is 4. The van der Waals surface area contributed by atoms with Crippen molar-refractivity contribution in [2.75, 3.05) is 19.1 Å². The minimum Gasteiger partial charge on any atom is -0.335 e. The molecule has 0 aliphatic rings. The highest BCUT2D eigenvalue weighted by Crippen LogP contribution is 2.28. The molecule has 20 heavy (non-hydrogen) atoms. The van der Waals surface area contributed by atoms with Crippen molar-refractivity contribution in [1.82, 2.24) is 15.2 Å². The molecule has 6 heteroatoms. The number of carbonyl (C=O) groups is 1. The molecule has 2 amide bonds. The maximum absolute atomic E-state index is 12.2. The molecule has 2 atom stereocenters. The second-order valence-electron chi connectivity index (χ2n) is 5.00. The molecule has 0 bridgehead atoms. The summed E-state index contributed by atoms with van der Waals surface area (Å²) in [6, 6.07) is 0.208. The van der Waals surface area contributed by atoms with Crippen molar-refractivity contribution in [3.63, 3.8) is 0 Å². The van der Waals surface area contributed by atoms with Crippen LogP contribution in [0.25, 0.3) is 0 Å². The van der Waals surface area contributed by atoms with E-state index in [1.807, 2.05) is 27.2 Å². The number of carbonyl (C=O) groups excluding carboxylic acids is 1. The minimum absolute atomic E-state index is 0.0232. The molecule has 1 aromatic rings. The van der Waals surface area contributed by atoms with Crippen LogP contribution in [-0.2, 0) is 6.42 Å². The molecule has 1 aromatic heterocycles. The van der Waals surface area contributed by atoms with Crippen molar-refractivity contribution < 1.29 is 4.79 Å². The molecule has 0 saturated carbocycles. The smallest absolute Gasteiger partial charge is 0.317 e. The van der Waals surface area contributed by atoms with Crippen LogP contribution in [0.1, 0.15) is 42.4 Å². The Labute approximate surface area is 130 Å². The lowest BCUT2D eigenvalue weighted by Crippen LogP contribution is -2.43. The van der Waals surface area contributed by atoms with Gasteiger partial charge in [0.2, 0.25) is 0 Å². The molecule has 114 valence electrons. The molecule has 1 rings (SSSR count). The van der Waals surface area contributed by atoms with E-state index in [1.165, 1.54) is 4.88 Å². The highest BCUT2D eigenvalue weighted by Gasteiger charge is 2.22. The largest absolute Gasteiger partial charge is 0.335 e. The Morgan fingerprint density at radius 3 is 2.65 bits per heavy atom. The van der Waals surface area contributed by atoms with Gasteiger partial charge in [-0.15, -0.1) is 11.3 Å². The fourth-order valence-electron chi connectivity index (χ4n) is 1.96. The highest BCUT2D eigenvalue weighted by atomic mass is 32.2. The van der Waals surface area contributed by atoms with Crippen LogP contribution in [0.2, 0.25) is 0 Å². The maximum atomic E-state index is 12.2. The molecule has 0 spiro atoms. The molecule has 4 nitrogen and oxygen atoms in total. The summed E-state index contributed by atoms with van der Waals surface area (Å²) >= 11 is 3.44. The van der Waals surface area contributed by atoms with Crippen LogP contribution < -0.4 is 5.32 Å². The summed E-state index contributed by atoms with van der Waals surface area (Å²) in [7, 11) is 1.84. The number of hydrogen-bond donors (Lipinski definition) is 1. The topological polar surface area (TPSA) is 45.2 Å². The number of thioether (sulfide) groups is 1. The van der Waals surface area contributed by atoms with E-state index < -0.39 is 0 Å². The van der Waals surface area contributed by atoms with Crippen molar-refractivity contribution >= 4 is 29.1 Å². The fourth-order valence-corrected chi connectivity index (χ4v) is 3.65. The molecule has 0 unspecified atom stereocenters. The Bertz CT molecular complexity index is 448. The summed E-state index contributed by atoms with van der Waals surface area (Å²) in [5, 5.41) is 4.16. The van der Waals surface area contributed by atoms with Crippen LogP contribution in [0.3, 0.4) is 0 Å². The number of aryl methyl sites for hydroxylation is 2. The van der Waals surface area contributed by atoms with Crippen LogP contribution in [0, 0.1) is 6.92 Å². The quantitative estimate of drug-likeness (QED) is 0.874. The van der Waals surface area contributed by atoms with E-state index in [0.717, 1.165) is 22.9 Å². The Kier molecular flexibility index (Phi) is 6.82. The molecule has 0 aromatic carbocycles. The molecule has 1 N–H and O–H groups in total. The third-order valence-corrected chi connectivity index (χ3v) is 5.55. The van der Waals surface area contributed by atoms with Crippen LogP contribution in [0.5, 0.6) is 0 Å². The predicted octanol–water partition coefficient (Wildman–Crippen LogP) is 3.47. The van der Waals surface area contributed by atoms with E-state index >= 15 is 0 Å². The minimum atomic E-state index is -0.0232. The Morgan fingerprint density at radius 1 is 1.50 bits per heavy atom. The summed E-state index contributed by atoms with van der Waals surface area (Å²) in [6.07, 6.45) is 2.99. The first-order valence-corrected chi connectivity index (χ1v) is 9.10. The van der Waals surface area contributed by atoms with Crippen LogP contribution in [0.15, 0.2) is 0 Å². The lowest BCUT2D eigenvalue weighted by atomic mass is 10.2. The molecule has 0 aliphatic carbocycles. The number of amides is 2. The highest BCUT2D eigenvalue weighted by molar-refractivity contribution is 7.98. The Balaban J connectivity index is 2.72. The van der Waals surface area contributed by atoms with Crippen molar-refractivity contribution in [1.29, 1.82) is 0 Å². The van der Waals surface area contributed by atoms with Crippen molar-refractivity contribution in [3.8, 4) is 0 Å². The average Bonchev–Trinajstić information content (AvgIpc) is 2.78. The molecule has 0 aliphatic heterocycles. The first-order valence-electron chi connectivity index (χ1n) is 6.89. The normalized spacial score (nSPS) is 13.9. The van der Waals surface area contributed by atoms with E-state index in [-0.39, 0.29) is 18.1 Å². The Hall–Kier alpha value is -0.750. The standard InChI is InChI=1S/C14H25N3OS2/c1-7-12-16-10(3)13(20-12)11(4)17(5)14(18)15-9(2)8-19-6/h9,11H,7-8H2,1-6H3,(H,15,18)/t9-,11+/m0/s1. The van der Waals surface area contributed by atoms with Crippen molar-refractivity contribution in [2.24, 2.45) is 0 Å². The maximum Gasteiger partial charge on any atom is 0.317 e. The van der Waals surface area contributed by atoms with E-state index in [9.17, 15) is 4.79 Å². The van der Waals surface area contributed by atoms with Gasteiger partial charge in [-0.3, -0.25) is 0 Å². The van der Waals surface area contributed by atoms with Crippen molar-refractivity contribution in [3.05, 3.63) is 15.6 Å². The van der Waals surface area contributed by atoms with Crippen molar-refractivity contribution in [2.45, 2.75) is 46.2 Å². The Morgan fingerprint density at radius 2 is 2.15 bits per heavy atom. The lowest BCUT2D eigenvalue weighted by Gasteiger charge is -2.26. The third kappa shape index (κ3) is 4.38. The number of thiazole rings is 1. The number of rotatable bonds is 6. The number of urea groups is 1. The van der Waals surface area contributed by atoms with Gasteiger partial charge in [0.05, 0.1) is 16.7 Å². The van der Waals surface area contributed by atoms with E-state index in [0.29, 0.717) is 0 Å². The first-order chi connectivity index (χ1) is 9.40. The van der Waals surface area contributed by atoms with Gasteiger partial charge in [0.1, 0.15) is 0 Å². The average molecular weight is 316 g/mol. The third-order valence-electron chi connectivity index (χ3n) is 3.25. The number of aromatic nitrogens is 1. The predicted molar refractivity (Wildman–Crippen MR) is 88.8 cm³/mol. The number of nitrogens with one attached hydrogen (secondary N) is 1. The lowest BCUT2D eigenvalue weighted by molar-refractivity contribution is 0.192. The van der Waals surface area contributed by atoms with E-state index in [1.54, 1.807) is 28.0 Å². The summed E-state index contributed by atoms with van der Waals surface area (Å²) in [5.41, 5.74) is 1.04. The first kappa shape index (κ1) is 17.3. The molecule has 1 heterocycles. The van der Waals surface area contributed by atoms with Gasteiger partial charge < -0.3 is 10.2 Å². The molecule has 0 saturated heterocycles. The van der Waals surface area contributed by atoms with Gasteiger partial charge >= 0.3 is 6.03 Å². The molecule has 0 radical (unpaired) electrons. The SMILES string of the molecule is CCc1nc(C)c([C@@H](C)N(C)C(=O)N[C@@H](C)CSC)s1. The zero-order valence-corrected chi connectivity index (χ0v) is 14.8. The van der Waals surface area contributed by atoms with Gasteiger partial charge in [-0.2, -0.15) is 11.8 Å². The van der Waals surface area contributed by atoms with E-state index in [4.69, 9.17) is 0 Å². The van der Waals surface area contributed by atoms with Crippen LogP contribution in [0.4, 0.5) is 4.79 Å². The zero-order valence-electron chi connectivity index (χ0n) is 13.2. The van der Waals surface area contributed by atoms with Crippen LogP contribution in [-0.4, -0.2) is 41.0 Å². The molecule has 0 fully saturated rings. The molecular weight excluding hydrogens is 290 g/mol. The summed E-state index contributed by atoms with van der Waals surface area (Å²) in [4.78, 5) is 19.7. The second kappa shape index (κ2) is 7.88. The second-order valence-corrected chi connectivity index (χ2v) is 7.03. The summed E-state index contributed by atoms with van der Waals surface area (Å²) < 4.78 is 0. The van der Waals surface area contributed by atoms with Gasteiger partial charge in [0, 0.05) is 23.7 Å². The summed E-state index contributed by atoms with van der Waals surface area (Å²) in [6.45, 7) is 8.20.